The van der Waals surface area contributed by atoms with Crippen molar-refractivity contribution in [2.24, 2.45) is 0 Å². The van der Waals surface area contributed by atoms with Crippen LogP contribution >= 0.6 is 0 Å². The summed E-state index contributed by atoms with van der Waals surface area (Å²) in [6, 6.07) is 3.98. The van der Waals surface area contributed by atoms with Crippen molar-refractivity contribution in [1.29, 1.82) is 5.26 Å². The molecule has 0 N–H and O–H groups in total. The zero-order valence-electron chi connectivity index (χ0n) is 9.14. The van der Waals surface area contributed by atoms with E-state index in [0.29, 0.717) is 24.7 Å². The van der Waals surface area contributed by atoms with Crippen molar-refractivity contribution in [1.82, 2.24) is 4.98 Å². The zero-order valence-corrected chi connectivity index (χ0v) is 9.14. The van der Waals surface area contributed by atoms with E-state index in [1.165, 1.54) is 7.11 Å². The zero-order chi connectivity index (χ0) is 11.4. The molecule has 1 aromatic heterocycles. The number of ether oxygens (including phenoxy) is 2. The summed E-state index contributed by atoms with van der Waals surface area (Å²) < 4.78 is 10.4. The van der Waals surface area contributed by atoms with Gasteiger partial charge >= 0.3 is 0 Å². The first-order valence-electron chi connectivity index (χ1n) is 5.12. The van der Waals surface area contributed by atoms with Crippen LogP contribution in [0.2, 0.25) is 0 Å². The molecular formula is C11H13N3O2. The van der Waals surface area contributed by atoms with Gasteiger partial charge in [0.05, 0.1) is 26.0 Å². The second-order valence-corrected chi connectivity index (χ2v) is 3.43. The summed E-state index contributed by atoms with van der Waals surface area (Å²) in [5.74, 6) is 0.381. The lowest BCUT2D eigenvalue weighted by Gasteiger charge is -2.29. The predicted molar refractivity (Wildman–Crippen MR) is 58.5 cm³/mol. The van der Waals surface area contributed by atoms with Gasteiger partial charge in [0.15, 0.2) is 0 Å². The highest BCUT2D eigenvalue weighted by molar-refractivity contribution is 5.63. The van der Waals surface area contributed by atoms with Gasteiger partial charge in [0.1, 0.15) is 11.6 Å². The van der Waals surface area contributed by atoms with Gasteiger partial charge in [-0.2, -0.15) is 5.26 Å². The van der Waals surface area contributed by atoms with Crippen molar-refractivity contribution >= 4 is 5.69 Å². The first kappa shape index (κ1) is 10.7. The fourth-order valence-electron chi connectivity index (χ4n) is 1.76. The Morgan fingerprint density at radius 3 is 2.88 bits per heavy atom. The number of nitrogens with zero attached hydrogens (tertiary/aromatic N) is 3. The minimum Gasteiger partial charge on any atom is -0.480 e. The average molecular weight is 219 g/mol. The molecule has 1 aromatic rings. The van der Waals surface area contributed by atoms with Gasteiger partial charge in [0, 0.05) is 19.3 Å². The number of anilines is 1. The molecule has 0 amide bonds. The molecule has 1 aliphatic heterocycles. The van der Waals surface area contributed by atoms with E-state index in [1.54, 1.807) is 6.20 Å². The van der Waals surface area contributed by atoms with Crippen LogP contribution in [-0.4, -0.2) is 38.4 Å². The van der Waals surface area contributed by atoms with Crippen molar-refractivity contribution < 1.29 is 9.47 Å². The SMILES string of the molecule is COc1nccc(N2CCOCC2)c1C#N. The van der Waals surface area contributed by atoms with Crippen LogP contribution < -0.4 is 9.64 Å². The van der Waals surface area contributed by atoms with E-state index in [2.05, 4.69) is 16.0 Å². The largest absolute Gasteiger partial charge is 0.480 e. The maximum atomic E-state index is 9.13. The third kappa shape index (κ3) is 1.92. The third-order valence-corrected chi connectivity index (χ3v) is 2.55. The molecule has 2 heterocycles. The molecule has 0 aliphatic carbocycles. The number of methoxy groups -OCH3 is 1. The van der Waals surface area contributed by atoms with Crippen LogP contribution in [0, 0.1) is 11.3 Å². The van der Waals surface area contributed by atoms with Gasteiger partial charge in [0.2, 0.25) is 5.88 Å². The van der Waals surface area contributed by atoms with Gasteiger partial charge in [-0.1, -0.05) is 0 Å². The summed E-state index contributed by atoms with van der Waals surface area (Å²) in [6.07, 6.45) is 1.66. The topological polar surface area (TPSA) is 58.4 Å². The Morgan fingerprint density at radius 2 is 2.25 bits per heavy atom. The number of pyridine rings is 1. The first-order chi connectivity index (χ1) is 7.86. The summed E-state index contributed by atoms with van der Waals surface area (Å²) in [7, 11) is 1.52. The molecule has 5 heteroatoms. The summed E-state index contributed by atoms with van der Waals surface area (Å²) in [5.41, 5.74) is 1.37. The number of nitriles is 1. The van der Waals surface area contributed by atoms with Gasteiger partial charge in [-0.3, -0.25) is 0 Å². The Kier molecular flexibility index (Phi) is 3.22. The molecule has 5 nitrogen and oxygen atoms in total. The maximum Gasteiger partial charge on any atom is 0.233 e. The lowest BCUT2D eigenvalue weighted by atomic mass is 10.2. The van der Waals surface area contributed by atoms with Crippen LogP contribution in [0.5, 0.6) is 5.88 Å². The van der Waals surface area contributed by atoms with Crippen molar-refractivity contribution in [2.45, 2.75) is 0 Å². The molecule has 0 spiro atoms. The van der Waals surface area contributed by atoms with Crippen molar-refractivity contribution in [3.63, 3.8) is 0 Å². The molecule has 1 aliphatic rings. The van der Waals surface area contributed by atoms with Gasteiger partial charge in [-0.05, 0) is 6.07 Å². The van der Waals surface area contributed by atoms with Crippen LogP contribution in [0.15, 0.2) is 12.3 Å². The Balaban J connectivity index is 2.35. The highest BCUT2D eigenvalue weighted by atomic mass is 16.5. The highest BCUT2D eigenvalue weighted by Crippen LogP contribution is 2.26. The van der Waals surface area contributed by atoms with Crippen LogP contribution in [0.1, 0.15) is 5.56 Å². The Bertz CT molecular complexity index is 408. The minimum absolute atomic E-state index is 0.381. The summed E-state index contributed by atoms with van der Waals surface area (Å²) >= 11 is 0. The van der Waals surface area contributed by atoms with Crippen LogP contribution in [0.25, 0.3) is 0 Å². The molecule has 84 valence electrons. The van der Waals surface area contributed by atoms with E-state index in [0.717, 1.165) is 18.8 Å². The molecule has 0 saturated carbocycles. The van der Waals surface area contributed by atoms with Gasteiger partial charge < -0.3 is 14.4 Å². The molecule has 16 heavy (non-hydrogen) atoms. The van der Waals surface area contributed by atoms with E-state index in [9.17, 15) is 0 Å². The number of hydrogen-bond acceptors (Lipinski definition) is 5. The van der Waals surface area contributed by atoms with E-state index < -0.39 is 0 Å². The summed E-state index contributed by atoms with van der Waals surface area (Å²) in [6.45, 7) is 2.97. The lowest BCUT2D eigenvalue weighted by Crippen LogP contribution is -2.36. The number of hydrogen-bond donors (Lipinski definition) is 0. The van der Waals surface area contributed by atoms with Gasteiger partial charge in [0.25, 0.3) is 0 Å². The number of morpholine rings is 1. The van der Waals surface area contributed by atoms with E-state index in [1.807, 2.05) is 6.07 Å². The van der Waals surface area contributed by atoms with Crippen LogP contribution in [0.3, 0.4) is 0 Å². The Labute approximate surface area is 94.2 Å². The molecular weight excluding hydrogens is 206 g/mol. The molecule has 0 aromatic carbocycles. The average Bonchev–Trinajstić information content (AvgIpc) is 2.38. The van der Waals surface area contributed by atoms with Crippen molar-refractivity contribution in [3.05, 3.63) is 17.8 Å². The van der Waals surface area contributed by atoms with Gasteiger partial charge in [-0.25, -0.2) is 4.98 Å². The van der Waals surface area contributed by atoms with Crippen LogP contribution in [0.4, 0.5) is 5.69 Å². The predicted octanol–water partition coefficient (Wildman–Crippen LogP) is 0.798. The fraction of sp³-hybridized carbons (Fsp3) is 0.455. The Hall–Kier alpha value is -1.80. The number of aromatic nitrogens is 1. The fourth-order valence-corrected chi connectivity index (χ4v) is 1.76. The molecule has 0 bridgehead atoms. The summed E-state index contributed by atoms with van der Waals surface area (Å²) in [5, 5.41) is 9.13. The molecule has 0 unspecified atom stereocenters. The highest BCUT2D eigenvalue weighted by Gasteiger charge is 2.17. The Morgan fingerprint density at radius 1 is 1.50 bits per heavy atom. The quantitative estimate of drug-likeness (QED) is 0.736. The van der Waals surface area contributed by atoms with E-state index in [-0.39, 0.29) is 0 Å². The van der Waals surface area contributed by atoms with E-state index >= 15 is 0 Å². The second-order valence-electron chi connectivity index (χ2n) is 3.43. The normalized spacial score (nSPS) is 15.6. The van der Waals surface area contributed by atoms with Gasteiger partial charge in [-0.15, -0.1) is 0 Å². The monoisotopic (exact) mass is 219 g/mol. The smallest absolute Gasteiger partial charge is 0.233 e. The lowest BCUT2D eigenvalue weighted by molar-refractivity contribution is 0.122. The standard InChI is InChI=1S/C11H13N3O2/c1-15-11-9(8-12)10(2-3-13-11)14-4-6-16-7-5-14/h2-3H,4-7H2,1H3. The maximum absolute atomic E-state index is 9.13. The minimum atomic E-state index is 0.381. The molecule has 0 radical (unpaired) electrons. The van der Waals surface area contributed by atoms with Crippen molar-refractivity contribution in [3.8, 4) is 11.9 Å². The van der Waals surface area contributed by atoms with Crippen molar-refractivity contribution in [2.75, 3.05) is 38.3 Å². The molecule has 2 rings (SSSR count). The third-order valence-electron chi connectivity index (χ3n) is 2.55. The second kappa shape index (κ2) is 4.81. The van der Waals surface area contributed by atoms with E-state index in [4.69, 9.17) is 14.7 Å². The molecule has 1 fully saturated rings. The molecule has 0 atom stereocenters. The first-order valence-corrected chi connectivity index (χ1v) is 5.12. The summed E-state index contributed by atoms with van der Waals surface area (Å²) in [4.78, 5) is 6.14. The van der Waals surface area contributed by atoms with Crippen LogP contribution in [-0.2, 0) is 4.74 Å². The molecule has 1 saturated heterocycles. The number of rotatable bonds is 2.